The van der Waals surface area contributed by atoms with Gasteiger partial charge in [-0.25, -0.2) is 0 Å². The van der Waals surface area contributed by atoms with Crippen molar-refractivity contribution < 1.29 is 4.42 Å². The van der Waals surface area contributed by atoms with Gasteiger partial charge in [-0.2, -0.15) is 0 Å². The van der Waals surface area contributed by atoms with Crippen LogP contribution in [0, 0.1) is 0 Å². The summed E-state index contributed by atoms with van der Waals surface area (Å²) in [7, 11) is 0. The number of fused-ring (bicyclic) bond motifs is 7. The Kier molecular flexibility index (Phi) is 7.39. The van der Waals surface area contributed by atoms with Gasteiger partial charge in [0.25, 0.3) is 0 Å². The van der Waals surface area contributed by atoms with Crippen LogP contribution < -0.4 is 4.90 Å². The van der Waals surface area contributed by atoms with E-state index >= 15 is 0 Å². The van der Waals surface area contributed by atoms with E-state index in [4.69, 9.17) is 4.42 Å². The summed E-state index contributed by atoms with van der Waals surface area (Å²) in [5.41, 5.74) is 12.2. The van der Waals surface area contributed by atoms with Crippen molar-refractivity contribution in [1.29, 1.82) is 0 Å². The zero-order valence-electron chi connectivity index (χ0n) is 29.8. The van der Waals surface area contributed by atoms with Crippen LogP contribution in [-0.2, 0) is 0 Å². The summed E-state index contributed by atoms with van der Waals surface area (Å²) in [6, 6.07) is 72.3. The molecule has 0 aliphatic heterocycles. The molecule has 0 spiro atoms. The van der Waals surface area contributed by atoms with Crippen molar-refractivity contribution >= 4 is 81.3 Å². The van der Waals surface area contributed by atoms with Crippen molar-refractivity contribution in [2.75, 3.05) is 4.90 Å². The predicted molar refractivity (Wildman–Crippen MR) is 235 cm³/mol. The molecule has 0 saturated carbocycles. The van der Waals surface area contributed by atoms with E-state index in [1.165, 1.54) is 53.2 Å². The smallest absolute Gasteiger partial charge is 0.136 e. The van der Waals surface area contributed by atoms with Crippen LogP contribution in [0.1, 0.15) is 0 Å². The summed E-state index contributed by atoms with van der Waals surface area (Å²) in [6.45, 7) is 0. The molecule has 0 fully saturated rings. The van der Waals surface area contributed by atoms with Crippen molar-refractivity contribution in [2.45, 2.75) is 0 Å². The highest BCUT2D eigenvalue weighted by molar-refractivity contribution is 7.25. The van der Waals surface area contributed by atoms with Gasteiger partial charge in [-0.3, -0.25) is 0 Å². The summed E-state index contributed by atoms with van der Waals surface area (Å²) in [5, 5.41) is 7.40. The van der Waals surface area contributed by atoms with E-state index in [-0.39, 0.29) is 0 Å². The summed E-state index contributed by atoms with van der Waals surface area (Å²) < 4.78 is 8.86. The number of hydrogen-bond donors (Lipinski definition) is 0. The normalized spacial score (nSPS) is 11.6. The summed E-state index contributed by atoms with van der Waals surface area (Å²) in [6.07, 6.45) is 0. The minimum atomic E-state index is 0.903. The van der Waals surface area contributed by atoms with Crippen LogP contribution in [0.15, 0.2) is 205 Å². The molecule has 55 heavy (non-hydrogen) atoms. The SMILES string of the molecule is c1ccc(N(c2ccc(-c3ccc4ccccc4c3)cc2)c2ccc(-c3ccc4c(c3)oc3ccccc34)cc2)c(-c2ccc3c(c2)sc2ccccc23)c1. The highest BCUT2D eigenvalue weighted by Crippen LogP contribution is 2.44. The fraction of sp³-hybridized carbons (Fsp3) is 0. The summed E-state index contributed by atoms with van der Waals surface area (Å²) in [5.74, 6) is 0. The quantitative estimate of drug-likeness (QED) is 0.170. The van der Waals surface area contributed by atoms with E-state index in [2.05, 4.69) is 193 Å². The number of nitrogens with zero attached hydrogens (tertiary/aromatic N) is 1. The number of rotatable bonds is 6. The van der Waals surface area contributed by atoms with Gasteiger partial charge in [-0.05, 0) is 105 Å². The van der Waals surface area contributed by atoms with Crippen LogP contribution >= 0.6 is 11.3 Å². The highest BCUT2D eigenvalue weighted by atomic mass is 32.1. The third-order valence-electron chi connectivity index (χ3n) is 10.9. The second-order valence-electron chi connectivity index (χ2n) is 14.1. The monoisotopic (exact) mass is 719 g/mol. The summed E-state index contributed by atoms with van der Waals surface area (Å²) >= 11 is 1.86. The van der Waals surface area contributed by atoms with Gasteiger partial charge in [0.15, 0.2) is 0 Å². The van der Waals surface area contributed by atoms with Crippen molar-refractivity contribution in [3.63, 3.8) is 0 Å². The van der Waals surface area contributed by atoms with Gasteiger partial charge in [-0.15, -0.1) is 11.3 Å². The molecular weight excluding hydrogens is 687 g/mol. The van der Waals surface area contributed by atoms with Gasteiger partial charge in [0.2, 0.25) is 0 Å². The van der Waals surface area contributed by atoms with E-state index in [1.807, 2.05) is 23.5 Å². The lowest BCUT2D eigenvalue weighted by atomic mass is 9.98. The largest absolute Gasteiger partial charge is 0.456 e. The first kappa shape index (κ1) is 31.6. The van der Waals surface area contributed by atoms with Gasteiger partial charge in [-0.1, -0.05) is 133 Å². The highest BCUT2D eigenvalue weighted by Gasteiger charge is 2.19. The molecule has 11 aromatic rings. The Morgan fingerprint density at radius 3 is 1.73 bits per heavy atom. The minimum Gasteiger partial charge on any atom is -0.456 e. The van der Waals surface area contributed by atoms with Gasteiger partial charge in [0, 0.05) is 47.9 Å². The zero-order valence-corrected chi connectivity index (χ0v) is 30.6. The molecule has 0 aliphatic rings. The Balaban J connectivity index is 1.02. The number of anilines is 3. The molecule has 0 bridgehead atoms. The Bertz CT molecular complexity index is 3210. The van der Waals surface area contributed by atoms with Crippen molar-refractivity contribution in [3.05, 3.63) is 200 Å². The number of hydrogen-bond acceptors (Lipinski definition) is 3. The lowest BCUT2D eigenvalue weighted by molar-refractivity contribution is 0.669. The molecule has 0 saturated heterocycles. The van der Waals surface area contributed by atoms with Crippen LogP contribution in [0.4, 0.5) is 17.1 Å². The number of thiophene rings is 1. The molecule has 258 valence electrons. The minimum absolute atomic E-state index is 0.903. The van der Waals surface area contributed by atoms with Crippen LogP contribution in [0.25, 0.3) is 86.3 Å². The first-order valence-corrected chi connectivity index (χ1v) is 19.5. The molecule has 0 unspecified atom stereocenters. The standard InChI is InChI=1S/C52H33NOS/c1-2-10-37-31-38(18-17-34(37)9-1)35-19-25-41(26-20-35)53(42-27-21-36(22-28-42)39-23-29-45-44-12-4-7-15-49(44)54-50(45)32-39)48-14-6-3-11-43(48)40-24-30-47-46-13-5-8-16-51(46)55-52(47)33-40/h1-33H. The lowest BCUT2D eigenvalue weighted by Crippen LogP contribution is -2.11. The fourth-order valence-electron chi connectivity index (χ4n) is 8.11. The number of para-hydroxylation sites is 2. The lowest BCUT2D eigenvalue weighted by Gasteiger charge is -2.28. The van der Waals surface area contributed by atoms with E-state index < -0.39 is 0 Å². The maximum absolute atomic E-state index is 6.25. The zero-order chi connectivity index (χ0) is 36.3. The van der Waals surface area contributed by atoms with Crippen LogP contribution in [0.5, 0.6) is 0 Å². The second-order valence-corrected chi connectivity index (χ2v) is 15.2. The Labute approximate surface area is 322 Å². The third kappa shape index (κ3) is 5.48. The average Bonchev–Trinajstić information content (AvgIpc) is 3.82. The van der Waals surface area contributed by atoms with E-state index in [0.29, 0.717) is 0 Å². The van der Waals surface area contributed by atoms with Crippen LogP contribution in [0.2, 0.25) is 0 Å². The predicted octanol–water partition coefficient (Wildman–Crippen LogP) is 15.6. The Hall–Kier alpha value is -6.94. The number of benzene rings is 9. The van der Waals surface area contributed by atoms with Crippen molar-refractivity contribution in [1.82, 2.24) is 0 Å². The molecule has 0 radical (unpaired) electrons. The molecule has 0 N–H and O–H groups in total. The molecule has 2 heterocycles. The van der Waals surface area contributed by atoms with Gasteiger partial charge >= 0.3 is 0 Å². The van der Waals surface area contributed by atoms with Gasteiger partial charge in [0.1, 0.15) is 11.2 Å². The van der Waals surface area contributed by atoms with E-state index in [1.54, 1.807) is 0 Å². The maximum Gasteiger partial charge on any atom is 0.136 e. The number of furan rings is 1. The third-order valence-corrected chi connectivity index (χ3v) is 12.0. The first-order valence-electron chi connectivity index (χ1n) is 18.7. The van der Waals surface area contributed by atoms with Crippen LogP contribution in [0.3, 0.4) is 0 Å². The Morgan fingerprint density at radius 2 is 0.909 bits per heavy atom. The van der Waals surface area contributed by atoms with E-state index in [9.17, 15) is 0 Å². The molecule has 0 aliphatic carbocycles. The topological polar surface area (TPSA) is 16.4 Å². The van der Waals surface area contributed by atoms with Crippen molar-refractivity contribution in [3.8, 4) is 33.4 Å². The fourth-order valence-corrected chi connectivity index (χ4v) is 9.26. The molecule has 9 aromatic carbocycles. The molecule has 0 atom stereocenters. The molecule has 2 nitrogen and oxygen atoms in total. The van der Waals surface area contributed by atoms with Gasteiger partial charge in [0.05, 0.1) is 5.69 Å². The second kappa shape index (κ2) is 12.9. The maximum atomic E-state index is 6.25. The Morgan fingerprint density at radius 1 is 0.345 bits per heavy atom. The van der Waals surface area contributed by atoms with E-state index in [0.717, 1.165) is 50.1 Å². The molecule has 11 rings (SSSR count). The van der Waals surface area contributed by atoms with Crippen molar-refractivity contribution in [2.24, 2.45) is 0 Å². The average molecular weight is 720 g/mol. The molecule has 3 heteroatoms. The van der Waals surface area contributed by atoms with Crippen LogP contribution in [-0.4, -0.2) is 0 Å². The van der Waals surface area contributed by atoms with Gasteiger partial charge < -0.3 is 9.32 Å². The molecule has 0 amide bonds. The molecule has 2 aromatic heterocycles. The summed E-state index contributed by atoms with van der Waals surface area (Å²) in [4.78, 5) is 2.39. The molecular formula is C52H33NOS. The first-order chi connectivity index (χ1) is 27.2.